The van der Waals surface area contributed by atoms with Gasteiger partial charge in [0.2, 0.25) is 0 Å². The van der Waals surface area contributed by atoms with Gasteiger partial charge in [0.25, 0.3) is 0 Å². The minimum atomic E-state index is -2.75. The Hall–Kier alpha value is 0.850. The van der Waals surface area contributed by atoms with Crippen LogP contribution in [0.1, 0.15) is 20.3 Å². The Bertz CT molecular complexity index is 111. The van der Waals surface area contributed by atoms with Gasteiger partial charge in [-0.15, -0.1) is 0 Å². The molecule has 2 unspecified atom stereocenters. The Morgan fingerprint density at radius 3 is 2.80 bits per heavy atom. The van der Waals surface area contributed by atoms with Crippen LogP contribution >= 0.6 is 30.1 Å². The lowest BCUT2D eigenvalue weighted by atomic mass is 10.4. The average Bonchev–Trinajstić information content (AvgIpc) is 1.87. The van der Waals surface area contributed by atoms with Crippen molar-refractivity contribution in [1.82, 2.24) is 0 Å². The third-order valence-electron chi connectivity index (χ3n) is 0.884. The van der Waals surface area contributed by atoms with E-state index in [1.165, 1.54) is 10.8 Å². The molecular formula is C4H11O3PS2. The first kappa shape index (κ1) is 10.8. The molecule has 2 atom stereocenters. The quantitative estimate of drug-likeness (QED) is 0.421. The molecule has 0 spiro atoms. The standard InChI is InChI=1S/C4H11O3PS2/c1-3-4(2)9-10-7-8(5)6/h4,8H,3H2,1-2H3,(H,5,6). The summed E-state index contributed by atoms with van der Waals surface area (Å²) in [6.07, 6.45) is 1.04. The molecule has 0 amide bonds. The molecule has 0 rings (SSSR count). The minimum Gasteiger partial charge on any atom is -0.326 e. The second kappa shape index (κ2) is 6.55. The molecule has 0 heterocycles. The largest absolute Gasteiger partial charge is 0.328 e. The van der Waals surface area contributed by atoms with Crippen molar-refractivity contribution in [1.29, 1.82) is 0 Å². The van der Waals surface area contributed by atoms with Gasteiger partial charge in [0.05, 0.1) is 11.1 Å². The van der Waals surface area contributed by atoms with Gasteiger partial charge in [-0.1, -0.05) is 24.6 Å². The van der Waals surface area contributed by atoms with Crippen molar-refractivity contribution < 1.29 is 13.4 Å². The molecule has 0 saturated heterocycles. The number of rotatable bonds is 5. The zero-order chi connectivity index (χ0) is 7.98. The van der Waals surface area contributed by atoms with Gasteiger partial charge >= 0.3 is 8.25 Å². The van der Waals surface area contributed by atoms with Gasteiger partial charge in [-0.05, 0) is 6.42 Å². The van der Waals surface area contributed by atoms with Crippen LogP contribution in [-0.4, -0.2) is 10.1 Å². The fourth-order valence-electron chi connectivity index (χ4n) is 0.184. The second-order valence-electron chi connectivity index (χ2n) is 1.73. The van der Waals surface area contributed by atoms with Crippen LogP contribution in [0.4, 0.5) is 0 Å². The number of hydrogen-bond donors (Lipinski definition) is 1. The van der Waals surface area contributed by atoms with Crippen LogP contribution in [0, 0.1) is 0 Å². The molecule has 10 heavy (non-hydrogen) atoms. The van der Waals surface area contributed by atoms with E-state index in [0.29, 0.717) is 5.25 Å². The van der Waals surface area contributed by atoms with Crippen molar-refractivity contribution >= 4 is 30.1 Å². The molecule has 0 aliphatic heterocycles. The van der Waals surface area contributed by atoms with Crippen molar-refractivity contribution in [3.63, 3.8) is 0 Å². The molecule has 6 heteroatoms. The summed E-state index contributed by atoms with van der Waals surface area (Å²) in [7, 11) is -1.28. The topological polar surface area (TPSA) is 46.5 Å². The lowest BCUT2D eigenvalue weighted by molar-refractivity contribution is 0.434. The van der Waals surface area contributed by atoms with E-state index in [1.807, 2.05) is 6.92 Å². The maximum Gasteiger partial charge on any atom is 0.328 e. The van der Waals surface area contributed by atoms with Crippen LogP contribution < -0.4 is 0 Å². The fourth-order valence-corrected chi connectivity index (χ4v) is 2.53. The van der Waals surface area contributed by atoms with E-state index < -0.39 is 8.25 Å². The van der Waals surface area contributed by atoms with Gasteiger partial charge in [-0.3, -0.25) is 4.57 Å². The molecule has 0 aliphatic carbocycles. The van der Waals surface area contributed by atoms with Crippen molar-refractivity contribution in [3.8, 4) is 0 Å². The van der Waals surface area contributed by atoms with Gasteiger partial charge < -0.3 is 4.89 Å². The van der Waals surface area contributed by atoms with Crippen molar-refractivity contribution in [2.75, 3.05) is 0 Å². The van der Waals surface area contributed by atoms with E-state index in [4.69, 9.17) is 4.89 Å². The Labute approximate surface area is 69.5 Å². The van der Waals surface area contributed by atoms with Gasteiger partial charge in [0.1, 0.15) is 0 Å². The first-order valence-electron chi connectivity index (χ1n) is 2.89. The molecular weight excluding hydrogens is 191 g/mol. The van der Waals surface area contributed by atoms with E-state index in [0.717, 1.165) is 17.5 Å². The highest BCUT2D eigenvalue weighted by Gasteiger charge is 2.00. The zero-order valence-electron chi connectivity index (χ0n) is 5.86. The normalized spacial score (nSPS) is 16.7. The summed E-state index contributed by atoms with van der Waals surface area (Å²) in [5.74, 6) is 0. The summed E-state index contributed by atoms with van der Waals surface area (Å²) in [5.41, 5.74) is 0. The van der Waals surface area contributed by atoms with Crippen LogP contribution in [0.25, 0.3) is 0 Å². The van der Waals surface area contributed by atoms with Crippen molar-refractivity contribution in [3.05, 3.63) is 0 Å². The van der Waals surface area contributed by atoms with E-state index in [1.54, 1.807) is 0 Å². The maximum atomic E-state index is 10.00. The first-order chi connectivity index (χ1) is 4.66. The molecule has 0 aliphatic rings. The maximum absolute atomic E-state index is 10.00. The Kier molecular flexibility index (Phi) is 7.11. The summed E-state index contributed by atoms with van der Waals surface area (Å²) in [6.45, 7) is 4.09. The summed E-state index contributed by atoms with van der Waals surface area (Å²) in [5, 5.41) is 0.464. The highest BCUT2D eigenvalue weighted by Crippen LogP contribution is 2.36. The smallest absolute Gasteiger partial charge is 0.326 e. The van der Waals surface area contributed by atoms with Crippen LogP contribution in [0.15, 0.2) is 0 Å². The predicted molar refractivity (Wildman–Crippen MR) is 47.2 cm³/mol. The van der Waals surface area contributed by atoms with Crippen LogP contribution in [0.2, 0.25) is 0 Å². The average molecular weight is 202 g/mol. The third-order valence-corrected chi connectivity index (χ3v) is 4.30. The van der Waals surface area contributed by atoms with Crippen molar-refractivity contribution in [2.45, 2.75) is 25.5 Å². The molecule has 0 aromatic rings. The molecule has 0 bridgehead atoms. The van der Waals surface area contributed by atoms with Gasteiger partial charge in [0, 0.05) is 5.25 Å². The Morgan fingerprint density at radius 2 is 2.40 bits per heavy atom. The van der Waals surface area contributed by atoms with Gasteiger partial charge in [-0.25, -0.2) is 3.97 Å². The summed E-state index contributed by atoms with van der Waals surface area (Å²) in [6, 6.07) is 0. The van der Waals surface area contributed by atoms with E-state index in [2.05, 4.69) is 10.9 Å². The van der Waals surface area contributed by atoms with Crippen LogP contribution in [-0.2, 0) is 8.54 Å². The minimum absolute atomic E-state index is 0.464. The highest BCUT2D eigenvalue weighted by atomic mass is 33.1. The van der Waals surface area contributed by atoms with Gasteiger partial charge in [0.15, 0.2) is 0 Å². The van der Waals surface area contributed by atoms with Crippen molar-refractivity contribution in [2.24, 2.45) is 0 Å². The molecule has 0 radical (unpaired) electrons. The van der Waals surface area contributed by atoms with E-state index in [9.17, 15) is 4.57 Å². The predicted octanol–water partition coefficient (Wildman–Crippen LogP) is 2.48. The second-order valence-corrected chi connectivity index (χ2v) is 5.05. The summed E-state index contributed by atoms with van der Waals surface area (Å²) >= 11 is 0.993. The monoisotopic (exact) mass is 202 g/mol. The fraction of sp³-hybridized carbons (Fsp3) is 1.00. The summed E-state index contributed by atoms with van der Waals surface area (Å²) in [4.78, 5) is 8.23. The molecule has 62 valence electrons. The highest BCUT2D eigenvalue weighted by molar-refractivity contribution is 8.75. The molecule has 0 saturated carbocycles. The molecule has 1 N–H and O–H groups in total. The Balaban J connectivity index is 3.11. The first-order valence-corrected chi connectivity index (χ1v) is 6.30. The zero-order valence-corrected chi connectivity index (χ0v) is 8.50. The lowest BCUT2D eigenvalue weighted by Crippen LogP contribution is -1.87. The third kappa shape index (κ3) is 6.96. The summed E-state index contributed by atoms with van der Waals surface area (Å²) < 4.78 is 14.4. The van der Waals surface area contributed by atoms with Crippen LogP contribution in [0.3, 0.4) is 0 Å². The van der Waals surface area contributed by atoms with Crippen LogP contribution in [0.5, 0.6) is 0 Å². The molecule has 3 nitrogen and oxygen atoms in total. The molecule has 0 aromatic carbocycles. The van der Waals surface area contributed by atoms with Gasteiger partial charge in [-0.2, -0.15) is 0 Å². The SMILES string of the molecule is CCC(C)SSO[PH](=O)O. The number of hydrogen-bond acceptors (Lipinski definition) is 4. The Morgan fingerprint density at radius 1 is 1.80 bits per heavy atom. The van der Waals surface area contributed by atoms with E-state index >= 15 is 0 Å². The molecule has 0 fully saturated rings. The lowest BCUT2D eigenvalue weighted by Gasteiger charge is -2.03. The van der Waals surface area contributed by atoms with E-state index in [-0.39, 0.29) is 0 Å². The molecule has 0 aromatic heterocycles.